The number of hydrogen-bond donors (Lipinski definition) is 2. The Morgan fingerprint density at radius 1 is 1.53 bits per heavy atom. The Bertz CT molecular complexity index is 360. The molecular formula is C11H14O4. The van der Waals surface area contributed by atoms with Crippen molar-refractivity contribution < 1.29 is 19.7 Å². The number of carbonyl (C=O) groups is 1. The molecule has 1 aromatic rings. The van der Waals surface area contributed by atoms with Crippen molar-refractivity contribution in [3.8, 4) is 5.75 Å². The van der Waals surface area contributed by atoms with Crippen molar-refractivity contribution >= 4 is 5.97 Å². The van der Waals surface area contributed by atoms with Gasteiger partial charge in [-0.05, 0) is 18.2 Å². The minimum absolute atomic E-state index is 0.0422. The molecule has 0 heterocycles. The summed E-state index contributed by atoms with van der Waals surface area (Å²) in [7, 11) is 1.52. The molecule has 1 unspecified atom stereocenters. The number of rotatable bonds is 4. The van der Waals surface area contributed by atoms with Crippen LogP contribution in [0.4, 0.5) is 0 Å². The fraction of sp³-hybridized carbons (Fsp3) is 0.364. The predicted molar refractivity (Wildman–Crippen MR) is 55.5 cm³/mol. The molecule has 0 bridgehead atoms. The van der Waals surface area contributed by atoms with E-state index in [-0.39, 0.29) is 18.1 Å². The van der Waals surface area contributed by atoms with E-state index < -0.39 is 5.97 Å². The van der Waals surface area contributed by atoms with Crippen LogP contribution in [-0.4, -0.2) is 29.9 Å². The molecule has 15 heavy (non-hydrogen) atoms. The second-order valence-corrected chi connectivity index (χ2v) is 3.35. The van der Waals surface area contributed by atoms with Crippen LogP contribution in [0.1, 0.15) is 28.8 Å². The maximum absolute atomic E-state index is 10.8. The quantitative estimate of drug-likeness (QED) is 0.790. The molecule has 1 rings (SSSR count). The third-order valence-electron chi connectivity index (χ3n) is 2.28. The molecule has 0 aromatic heterocycles. The maximum atomic E-state index is 10.8. The molecule has 0 aliphatic rings. The summed E-state index contributed by atoms with van der Waals surface area (Å²) in [6.07, 6.45) is 0. The average Bonchev–Trinajstić information content (AvgIpc) is 2.27. The number of aromatic carboxylic acids is 1. The first-order valence-corrected chi connectivity index (χ1v) is 4.62. The third-order valence-corrected chi connectivity index (χ3v) is 2.28. The lowest BCUT2D eigenvalue weighted by Gasteiger charge is -2.13. The lowest BCUT2D eigenvalue weighted by Crippen LogP contribution is -2.05. The predicted octanol–water partition coefficient (Wildman–Crippen LogP) is 1.49. The molecule has 0 fully saturated rings. The Morgan fingerprint density at radius 3 is 2.67 bits per heavy atom. The van der Waals surface area contributed by atoms with Gasteiger partial charge in [-0.25, -0.2) is 4.79 Å². The molecule has 0 aliphatic heterocycles. The summed E-state index contributed by atoms with van der Waals surface area (Å²) in [5, 5.41) is 17.9. The monoisotopic (exact) mass is 210 g/mol. The summed E-state index contributed by atoms with van der Waals surface area (Å²) in [5.41, 5.74) is 0.908. The van der Waals surface area contributed by atoms with Gasteiger partial charge in [0, 0.05) is 18.1 Å². The van der Waals surface area contributed by atoms with Crippen LogP contribution in [0.25, 0.3) is 0 Å². The zero-order valence-corrected chi connectivity index (χ0v) is 8.73. The third kappa shape index (κ3) is 2.47. The number of methoxy groups -OCH3 is 1. The van der Waals surface area contributed by atoms with Crippen LogP contribution in [0.15, 0.2) is 18.2 Å². The summed E-state index contributed by atoms with van der Waals surface area (Å²) in [6, 6.07) is 4.61. The van der Waals surface area contributed by atoms with Crippen LogP contribution in [0, 0.1) is 0 Å². The van der Waals surface area contributed by atoms with Gasteiger partial charge in [0.25, 0.3) is 0 Å². The van der Waals surface area contributed by atoms with Gasteiger partial charge < -0.3 is 14.9 Å². The summed E-state index contributed by atoms with van der Waals surface area (Å²) in [6.45, 7) is 1.77. The molecule has 0 amide bonds. The largest absolute Gasteiger partial charge is 0.496 e. The van der Waals surface area contributed by atoms with E-state index in [1.54, 1.807) is 6.07 Å². The Labute approximate surface area is 88.1 Å². The van der Waals surface area contributed by atoms with Gasteiger partial charge in [-0.3, -0.25) is 0 Å². The summed E-state index contributed by atoms with van der Waals surface area (Å²) in [4.78, 5) is 10.8. The van der Waals surface area contributed by atoms with E-state index in [0.29, 0.717) is 11.3 Å². The zero-order chi connectivity index (χ0) is 11.4. The molecule has 0 aliphatic carbocycles. The van der Waals surface area contributed by atoms with Gasteiger partial charge in [-0.1, -0.05) is 6.92 Å². The van der Waals surface area contributed by atoms with Crippen LogP contribution in [-0.2, 0) is 0 Å². The van der Waals surface area contributed by atoms with E-state index in [0.717, 1.165) is 0 Å². The van der Waals surface area contributed by atoms with E-state index >= 15 is 0 Å². The Hall–Kier alpha value is -1.55. The SMILES string of the molecule is COc1ccc(C(=O)O)cc1C(C)CO. The van der Waals surface area contributed by atoms with E-state index in [4.69, 9.17) is 14.9 Å². The van der Waals surface area contributed by atoms with E-state index in [1.165, 1.54) is 19.2 Å². The van der Waals surface area contributed by atoms with Crippen molar-refractivity contribution in [3.05, 3.63) is 29.3 Å². The number of benzene rings is 1. The number of aliphatic hydroxyl groups is 1. The highest BCUT2D eigenvalue weighted by Gasteiger charge is 2.13. The molecule has 0 radical (unpaired) electrons. The van der Waals surface area contributed by atoms with Gasteiger partial charge in [0.1, 0.15) is 5.75 Å². The highest BCUT2D eigenvalue weighted by atomic mass is 16.5. The minimum atomic E-state index is -0.982. The topological polar surface area (TPSA) is 66.8 Å². The normalized spacial score (nSPS) is 12.2. The van der Waals surface area contributed by atoms with Crippen molar-refractivity contribution in [1.29, 1.82) is 0 Å². The molecule has 82 valence electrons. The lowest BCUT2D eigenvalue weighted by atomic mass is 9.98. The summed E-state index contributed by atoms with van der Waals surface area (Å²) in [5.74, 6) is -0.523. The van der Waals surface area contributed by atoms with Crippen molar-refractivity contribution in [3.63, 3.8) is 0 Å². The molecule has 1 atom stereocenters. The molecule has 2 N–H and O–H groups in total. The first-order valence-electron chi connectivity index (χ1n) is 4.62. The van der Waals surface area contributed by atoms with Crippen molar-refractivity contribution in [2.45, 2.75) is 12.8 Å². The fourth-order valence-electron chi connectivity index (χ4n) is 1.35. The molecule has 0 spiro atoms. The summed E-state index contributed by atoms with van der Waals surface area (Å²) < 4.78 is 5.10. The van der Waals surface area contributed by atoms with Gasteiger partial charge >= 0.3 is 5.97 Å². The van der Waals surface area contributed by atoms with Gasteiger partial charge in [-0.2, -0.15) is 0 Å². The van der Waals surface area contributed by atoms with Crippen molar-refractivity contribution in [1.82, 2.24) is 0 Å². The molecule has 4 nitrogen and oxygen atoms in total. The number of ether oxygens (including phenoxy) is 1. The van der Waals surface area contributed by atoms with Gasteiger partial charge in [0.15, 0.2) is 0 Å². The Kier molecular flexibility index (Phi) is 3.68. The van der Waals surface area contributed by atoms with Crippen molar-refractivity contribution in [2.24, 2.45) is 0 Å². The molecular weight excluding hydrogens is 196 g/mol. The molecule has 4 heteroatoms. The highest BCUT2D eigenvalue weighted by Crippen LogP contribution is 2.27. The number of aliphatic hydroxyl groups excluding tert-OH is 1. The van der Waals surface area contributed by atoms with Crippen LogP contribution in [0.3, 0.4) is 0 Å². The van der Waals surface area contributed by atoms with E-state index in [2.05, 4.69) is 0 Å². The van der Waals surface area contributed by atoms with E-state index in [9.17, 15) is 4.79 Å². The Balaban J connectivity index is 3.18. The highest BCUT2D eigenvalue weighted by molar-refractivity contribution is 5.88. The van der Waals surface area contributed by atoms with Gasteiger partial charge in [-0.15, -0.1) is 0 Å². The lowest BCUT2D eigenvalue weighted by molar-refractivity contribution is 0.0696. The summed E-state index contributed by atoms with van der Waals surface area (Å²) >= 11 is 0. The first kappa shape index (κ1) is 11.5. The van der Waals surface area contributed by atoms with Crippen LogP contribution in [0.5, 0.6) is 5.75 Å². The first-order chi connectivity index (χ1) is 7.10. The standard InChI is InChI=1S/C11H14O4/c1-7(6-12)9-5-8(11(13)14)3-4-10(9)15-2/h3-5,7,12H,6H2,1-2H3,(H,13,14). The van der Waals surface area contributed by atoms with Crippen molar-refractivity contribution in [2.75, 3.05) is 13.7 Å². The van der Waals surface area contributed by atoms with Crippen LogP contribution < -0.4 is 4.74 Å². The second kappa shape index (κ2) is 4.79. The molecule has 0 saturated heterocycles. The average molecular weight is 210 g/mol. The smallest absolute Gasteiger partial charge is 0.335 e. The zero-order valence-electron chi connectivity index (χ0n) is 8.73. The van der Waals surface area contributed by atoms with Gasteiger partial charge in [0.05, 0.1) is 12.7 Å². The molecule has 0 saturated carbocycles. The molecule has 1 aromatic carbocycles. The number of carboxylic acid groups (broad SMARTS) is 1. The van der Waals surface area contributed by atoms with Gasteiger partial charge in [0.2, 0.25) is 0 Å². The fourth-order valence-corrected chi connectivity index (χ4v) is 1.35. The second-order valence-electron chi connectivity index (χ2n) is 3.35. The number of carboxylic acids is 1. The Morgan fingerprint density at radius 2 is 2.20 bits per heavy atom. The van der Waals surface area contributed by atoms with E-state index in [1.807, 2.05) is 6.92 Å². The van der Waals surface area contributed by atoms with Crippen LogP contribution >= 0.6 is 0 Å². The maximum Gasteiger partial charge on any atom is 0.335 e. The van der Waals surface area contributed by atoms with Crippen LogP contribution in [0.2, 0.25) is 0 Å². The minimum Gasteiger partial charge on any atom is -0.496 e. The number of hydrogen-bond acceptors (Lipinski definition) is 3.